The molecular weight excluding hydrogens is 368 g/mol. The van der Waals surface area contributed by atoms with Crippen LogP contribution in [-0.4, -0.2) is 47.7 Å². The van der Waals surface area contributed by atoms with Crippen LogP contribution in [0.4, 0.5) is 0 Å². The van der Waals surface area contributed by atoms with E-state index in [2.05, 4.69) is 0 Å². The summed E-state index contributed by atoms with van der Waals surface area (Å²) in [5, 5.41) is 0.597. The molecule has 0 aliphatic rings. The number of rotatable bonds is 10. The highest BCUT2D eigenvalue weighted by Crippen LogP contribution is 2.13. The summed E-state index contributed by atoms with van der Waals surface area (Å²) in [4.78, 5) is 26.3. The van der Waals surface area contributed by atoms with E-state index in [0.717, 1.165) is 6.42 Å². The number of amides is 1. The third-order valence-electron chi connectivity index (χ3n) is 3.89. The van der Waals surface area contributed by atoms with Crippen molar-refractivity contribution in [3.05, 3.63) is 70.7 Å². The maximum atomic E-state index is 12.4. The third-order valence-corrected chi connectivity index (χ3v) is 5.06. The van der Waals surface area contributed by atoms with Gasteiger partial charge in [0.1, 0.15) is 0 Å². The largest absolute Gasteiger partial charge is 0.340 e. The second-order valence-corrected chi connectivity index (χ2v) is 7.25. The molecule has 2 aromatic carbocycles. The quantitative estimate of drug-likeness (QED) is 0.632. The van der Waals surface area contributed by atoms with Crippen molar-refractivity contribution in [1.29, 1.82) is 0 Å². The molecule has 0 unspecified atom stereocenters. The van der Waals surface area contributed by atoms with Crippen molar-refractivity contribution in [1.82, 2.24) is 4.90 Å². The number of carbonyl (C=O) groups is 2. The van der Waals surface area contributed by atoms with E-state index in [9.17, 15) is 9.59 Å². The number of thioether (sulfide) groups is 1. The lowest BCUT2D eigenvalue weighted by Gasteiger charge is -2.22. The van der Waals surface area contributed by atoms with Crippen LogP contribution in [0.25, 0.3) is 0 Å². The van der Waals surface area contributed by atoms with Crippen LogP contribution in [0, 0.1) is 0 Å². The molecule has 0 spiro atoms. The molecule has 138 valence electrons. The number of Topliss-reactive ketones (excluding diaryl/α,β-unsaturated/α-hetero) is 1. The lowest BCUT2D eigenvalue weighted by molar-refractivity contribution is -0.128. The highest BCUT2D eigenvalue weighted by atomic mass is 35.5. The SMILES string of the molecule is NCCN(CCc1ccccc1)C(=O)CSCC(=O)c1ccc(Cl)cc1. The molecule has 26 heavy (non-hydrogen) atoms. The molecule has 0 fully saturated rings. The zero-order valence-electron chi connectivity index (χ0n) is 14.6. The van der Waals surface area contributed by atoms with Gasteiger partial charge in [0, 0.05) is 30.2 Å². The fraction of sp³-hybridized carbons (Fsp3) is 0.300. The molecule has 6 heteroatoms. The Morgan fingerprint density at radius 1 is 0.962 bits per heavy atom. The highest BCUT2D eigenvalue weighted by Gasteiger charge is 2.14. The van der Waals surface area contributed by atoms with Crippen molar-refractivity contribution in [3.8, 4) is 0 Å². The van der Waals surface area contributed by atoms with E-state index in [0.29, 0.717) is 30.2 Å². The van der Waals surface area contributed by atoms with Crippen LogP contribution in [0.2, 0.25) is 5.02 Å². The molecule has 0 heterocycles. The van der Waals surface area contributed by atoms with Crippen molar-refractivity contribution < 1.29 is 9.59 Å². The molecule has 0 radical (unpaired) electrons. The van der Waals surface area contributed by atoms with Crippen LogP contribution < -0.4 is 5.73 Å². The molecule has 0 bridgehead atoms. The topological polar surface area (TPSA) is 63.4 Å². The highest BCUT2D eigenvalue weighted by molar-refractivity contribution is 8.00. The normalized spacial score (nSPS) is 10.5. The molecule has 0 aliphatic carbocycles. The van der Waals surface area contributed by atoms with Gasteiger partial charge in [-0.25, -0.2) is 0 Å². The molecule has 0 aliphatic heterocycles. The summed E-state index contributed by atoms with van der Waals surface area (Å²) in [5.74, 6) is 0.547. The van der Waals surface area contributed by atoms with Crippen molar-refractivity contribution in [2.24, 2.45) is 5.73 Å². The minimum atomic E-state index is -0.00544. The standard InChI is InChI=1S/C20H23ClN2O2S/c21-18-8-6-17(7-9-18)19(24)14-26-15-20(25)23(13-11-22)12-10-16-4-2-1-3-5-16/h1-9H,10-15,22H2. The van der Waals surface area contributed by atoms with E-state index in [1.165, 1.54) is 17.3 Å². The molecule has 2 aromatic rings. The number of hydrogen-bond acceptors (Lipinski definition) is 4. The predicted octanol–water partition coefficient (Wildman–Crippen LogP) is 3.29. The van der Waals surface area contributed by atoms with E-state index >= 15 is 0 Å². The Morgan fingerprint density at radius 2 is 1.65 bits per heavy atom. The van der Waals surface area contributed by atoms with Crippen molar-refractivity contribution in [2.75, 3.05) is 31.1 Å². The summed E-state index contributed by atoms with van der Waals surface area (Å²) in [6.07, 6.45) is 0.793. The summed E-state index contributed by atoms with van der Waals surface area (Å²) in [6.45, 7) is 1.58. The van der Waals surface area contributed by atoms with Crippen molar-refractivity contribution in [3.63, 3.8) is 0 Å². The third kappa shape index (κ3) is 6.83. The molecular formula is C20H23ClN2O2S. The van der Waals surface area contributed by atoms with Gasteiger partial charge < -0.3 is 10.6 Å². The predicted molar refractivity (Wildman–Crippen MR) is 109 cm³/mol. The fourth-order valence-corrected chi connectivity index (χ4v) is 3.40. The van der Waals surface area contributed by atoms with Gasteiger partial charge in [-0.05, 0) is 36.2 Å². The molecule has 1 amide bonds. The first-order valence-electron chi connectivity index (χ1n) is 8.48. The molecule has 0 saturated heterocycles. The molecule has 0 atom stereocenters. The lowest BCUT2D eigenvalue weighted by Crippen LogP contribution is -2.38. The first-order chi connectivity index (χ1) is 12.6. The maximum Gasteiger partial charge on any atom is 0.232 e. The summed E-state index contributed by atoms with van der Waals surface area (Å²) in [7, 11) is 0. The zero-order valence-corrected chi connectivity index (χ0v) is 16.1. The van der Waals surface area contributed by atoms with Gasteiger partial charge in [-0.15, -0.1) is 11.8 Å². The Kier molecular flexibility index (Phi) is 8.68. The first-order valence-corrected chi connectivity index (χ1v) is 10.0. The summed E-state index contributed by atoms with van der Waals surface area (Å²) < 4.78 is 0. The van der Waals surface area contributed by atoms with Crippen LogP contribution in [0.15, 0.2) is 54.6 Å². The molecule has 4 nitrogen and oxygen atoms in total. The van der Waals surface area contributed by atoms with E-state index in [-0.39, 0.29) is 23.2 Å². The van der Waals surface area contributed by atoms with Crippen LogP contribution >= 0.6 is 23.4 Å². The number of ketones is 1. The van der Waals surface area contributed by atoms with Crippen molar-refractivity contribution >= 4 is 35.1 Å². The van der Waals surface area contributed by atoms with Gasteiger partial charge in [-0.1, -0.05) is 41.9 Å². The molecule has 2 N–H and O–H groups in total. The number of carbonyl (C=O) groups excluding carboxylic acids is 2. The van der Waals surface area contributed by atoms with Crippen LogP contribution in [0.1, 0.15) is 15.9 Å². The molecule has 0 aromatic heterocycles. The van der Waals surface area contributed by atoms with Gasteiger partial charge >= 0.3 is 0 Å². The smallest absolute Gasteiger partial charge is 0.232 e. The van der Waals surface area contributed by atoms with Crippen LogP contribution in [-0.2, 0) is 11.2 Å². The number of halogens is 1. The van der Waals surface area contributed by atoms with Crippen LogP contribution in [0.3, 0.4) is 0 Å². The second-order valence-electron chi connectivity index (χ2n) is 5.83. The van der Waals surface area contributed by atoms with Crippen LogP contribution in [0.5, 0.6) is 0 Å². The summed E-state index contributed by atoms with van der Waals surface area (Å²) in [5.41, 5.74) is 7.43. The van der Waals surface area contributed by atoms with E-state index in [4.69, 9.17) is 17.3 Å². The lowest BCUT2D eigenvalue weighted by atomic mass is 10.1. The Balaban J connectivity index is 1.79. The number of nitrogens with two attached hydrogens (primary N) is 1. The van der Waals surface area contributed by atoms with E-state index < -0.39 is 0 Å². The van der Waals surface area contributed by atoms with E-state index in [1.807, 2.05) is 30.3 Å². The zero-order chi connectivity index (χ0) is 18.8. The average Bonchev–Trinajstić information content (AvgIpc) is 2.66. The monoisotopic (exact) mass is 390 g/mol. The molecule has 2 rings (SSSR count). The van der Waals surface area contributed by atoms with Crippen molar-refractivity contribution in [2.45, 2.75) is 6.42 Å². The number of hydrogen-bond donors (Lipinski definition) is 1. The molecule has 0 saturated carbocycles. The average molecular weight is 391 g/mol. The van der Waals surface area contributed by atoms with E-state index in [1.54, 1.807) is 29.2 Å². The fourth-order valence-electron chi connectivity index (χ4n) is 2.47. The Bertz CT molecular complexity index is 708. The van der Waals surface area contributed by atoms with Gasteiger partial charge in [0.05, 0.1) is 11.5 Å². The summed E-state index contributed by atoms with van der Waals surface area (Å²) in [6, 6.07) is 16.8. The minimum Gasteiger partial charge on any atom is -0.340 e. The Hall–Kier alpha value is -1.82. The van der Waals surface area contributed by atoms with Gasteiger partial charge in [0.15, 0.2) is 5.78 Å². The van der Waals surface area contributed by atoms with Gasteiger partial charge in [-0.2, -0.15) is 0 Å². The number of benzene rings is 2. The first kappa shape index (κ1) is 20.5. The Labute approximate surface area is 163 Å². The number of nitrogens with zero attached hydrogens (tertiary/aromatic N) is 1. The van der Waals surface area contributed by atoms with Gasteiger partial charge in [0.2, 0.25) is 5.91 Å². The van der Waals surface area contributed by atoms with Gasteiger partial charge in [-0.3, -0.25) is 9.59 Å². The second kappa shape index (κ2) is 11.0. The minimum absolute atomic E-state index is 0.00544. The summed E-state index contributed by atoms with van der Waals surface area (Å²) >= 11 is 7.15. The Morgan fingerprint density at radius 3 is 2.31 bits per heavy atom. The van der Waals surface area contributed by atoms with Gasteiger partial charge in [0.25, 0.3) is 0 Å². The maximum absolute atomic E-state index is 12.4.